The quantitative estimate of drug-likeness (QED) is 0.609. The molecule has 0 radical (unpaired) electrons. The zero-order valence-corrected chi connectivity index (χ0v) is 5.71. The van der Waals surface area contributed by atoms with E-state index in [2.05, 4.69) is 5.41 Å². The molecule has 46 valence electrons. The average molecular weight is 129 g/mol. The van der Waals surface area contributed by atoms with Gasteiger partial charge in [0.1, 0.15) is 0 Å². The molecule has 1 rings (SSSR count). The molecule has 0 unspecified atom stereocenters. The first-order valence-corrected chi connectivity index (χ1v) is 3.98. The molecule has 0 saturated carbocycles. The first-order chi connectivity index (χ1) is 3.93. The van der Waals surface area contributed by atoms with Gasteiger partial charge in [0.15, 0.2) is 0 Å². The Hall–Kier alpha value is 0.0500. The highest BCUT2D eigenvalue weighted by Gasteiger charge is 2.01. The van der Waals surface area contributed by atoms with Gasteiger partial charge in [-0.05, 0) is 24.8 Å². The van der Waals surface area contributed by atoms with E-state index in [9.17, 15) is 0 Å². The predicted molar refractivity (Wildman–Crippen MR) is 38.8 cm³/mol. The van der Waals surface area contributed by atoms with E-state index in [1.54, 1.807) is 0 Å². The lowest BCUT2D eigenvalue weighted by Gasteiger charge is -1.93. The molecule has 0 bridgehead atoms. The molecule has 1 aliphatic rings. The van der Waals surface area contributed by atoms with Crippen LogP contribution in [0.25, 0.3) is 0 Å². The predicted octanol–water partition coefficient (Wildman–Crippen LogP) is 1.36. The van der Waals surface area contributed by atoms with Crippen LogP contribution in [0.4, 0.5) is 0 Å². The van der Waals surface area contributed by atoms with Crippen LogP contribution in [0.2, 0.25) is 0 Å². The molecule has 2 heteroatoms. The van der Waals surface area contributed by atoms with E-state index in [-0.39, 0.29) is 0 Å². The topological polar surface area (TPSA) is 26.0 Å². The van der Waals surface area contributed by atoms with Gasteiger partial charge in [-0.1, -0.05) is 5.57 Å². The van der Waals surface area contributed by atoms with E-state index in [0.717, 1.165) is 13.0 Å². The molecular weight excluding hydrogens is 118 g/mol. The Morgan fingerprint density at radius 3 is 3.12 bits per heavy atom. The number of rotatable bonds is 2. The van der Waals surface area contributed by atoms with Gasteiger partial charge in [0.05, 0.1) is 0 Å². The van der Waals surface area contributed by atoms with Crippen molar-refractivity contribution in [2.75, 3.05) is 12.3 Å². The second-order valence-electron chi connectivity index (χ2n) is 1.94. The maximum Gasteiger partial charge on any atom is 0.00116 e. The SMILES string of the molecule is NCCC1=CSCC1. The molecule has 2 N–H and O–H groups in total. The fourth-order valence-electron chi connectivity index (χ4n) is 0.795. The van der Waals surface area contributed by atoms with E-state index in [1.807, 2.05) is 11.8 Å². The summed E-state index contributed by atoms with van der Waals surface area (Å²) in [7, 11) is 0. The van der Waals surface area contributed by atoms with Gasteiger partial charge in [-0.25, -0.2) is 0 Å². The fraction of sp³-hybridized carbons (Fsp3) is 0.667. The Balaban J connectivity index is 2.23. The molecule has 1 nitrogen and oxygen atoms in total. The summed E-state index contributed by atoms with van der Waals surface area (Å²) in [6.45, 7) is 0.812. The van der Waals surface area contributed by atoms with Crippen LogP contribution in [0.5, 0.6) is 0 Å². The highest BCUT2D eigenvalue weighted by atomic mass is 32.2. The van der Waals surface area contributed by atoms with Gasteiger partial charge in [0.2, 0.25) is 0 Å². The van der Waals surface area contributed by atoms with Crippen molar-refractivity contribution in [3.63, 3.8) is 0 Å². The molecular formula is C6H11NS. The van der Waals surface area contributed by atoms with Crippen molar-refractivity contribution in [2.45, 2.75) is 12.8 Å². The summed E-state index contributed by atoms with van der Waals surface area (Å²) in [5.74, 6) is 1.27. The van der Waals surface area contributed by atoms with E-state index in [0.29, 0.717) is 0 Å². The Bertz CT molecular complexity index is 98.7. The zero-order chi connectivity index (χ0) is 5.82. The van der Waals surface area contributed by atoms with Crippen LogP contribution in [-0.4, -0.2) is 12.3 Å². The van der Waals surface area contributed by atoms with Crippen molar-refractivity contribution < 1.29 is 0 Å². The Morgan fingerprint density at radius 2 is 2.62 bits per heavy atom. The fourth-order valence-corrected chi connectivity index (χ4v) is 1.76. The second-order valence-corrected chi connectivity index (χ2v) is 2.91. The third-order valence-electron chi connectivity index (χ3n) is 1.26. The molecule has 0 saturated heterocycles. The minimum Gasteiger partial charge on any atom is -0.330 e. The Kier molecular flexibility index (Phi) is 2.43. The lowest BCUT2D eigenvalue weighted by Crippen LogP contribution is -1.98. The summed E-state index contributed by atoms with van der Waals surface area (Å²) in [6, 6.07) is 0. The van der Waals surface area contributed by atoms with Crippen LogP contribution in [-0.2, 0) is 0 Å². The third kappa shape index (κ3) is 1.53. The monoisotopic (exact) mass is 129 g/mol. The Labute approximate surface area is 54.3 Å². The molecule has 1 heterocycles. The molecule has 0 atom stereocenters. The molecule has 0 fully saturated rings. The maximum atomic E-state index is 5.36. The summed E-state index contributed by atoms with van der Waals surface area (Å²) in [5.41, 5.74) is 6.90. The highest BCUT2D eigenvalue weighted by Crippen LogP contribution is 2.23. The number of hydrogen-bond acceptors (Lipinski definition) is 2. The van der Waals surface area contributed by atoms with Crippen molar-refractivity contribution in [1.29, 1.82) is 0 Å². The second kappa shape index (κ2) is 3.15. The van der Waals surface area contributed by atoms with Gasteiger partial charge in [0, 0.05) is 5.75 Å². The molecule has 0 aromatic carbocycles. The third-order valence-corrected chi connectivity index (χ3v) is 2.20. The van der Waals surface area contributed by atoms with Gasteiger partial charge in [-0.15, -0.1) is 11.8 Å². The van der Waals surface area contributed by atoms with Crippen molar-refractivity contribution in [1.82, 2.24) is 0 Å². The van der Waals surface area contributed by atoms with Crippen molar-refractivity contribution in [2.24, 2.45) is 5.73 Å². The minimum absolute atomic E-state index is 0.812. The molecule has 8 heavy (non-hydrogen) atoms. The zero-order valence-electron chi connectivity index (χ0n) is 4.89. The van der Waals surface area contributed by atoms with E-state index >= 15 is 0 Å². The van der Waals surface area contributed by atoms with Gasteiger partial charge >= 0.3 is 0 Å². The lowest BCUT2D eigenvalue weighted by atomic mass is 10.2. The maximum absolute atomic E-state index is 5.36. The molecule has 0 spiro atoms. The molecule has 0 aliphatic carbocycles. The number of thioether (sulfide) groups is 1. The van der Waals surface area contributed by atoms with E-state index < -0.39 is 0 Å². The summed E-state index contributed by atoms with van der Waals surface area (Å²) >= 11 is 1.90. The van der Waals surface area contributed by atoms with E-state index in [1.165, 1.54) is 17.7 Å². The average Bonchev–Trinajstić information content (AvgIpc) is 2.19. The lowest BCUT2D eigenvalue weighted by molar-refractivity contribution is 0.910. The van der Waals surface area contributed by atoms with Gasteiger partial charge < -0.3 is 5.73 Å². The van der Waals surface area contributed by atoms with Crippen LogP contribution >= 0.6 is 11.8 Å². The van der Waals surface area contributed by atoms with Gasteiger partial charge in [-0.2, -0.15) is 0 Å². The minimum atomic E-state index is 0.812. The van der Waals surface area contributed by atoms with Gasteiger partial charge in [-0.3, -0.25) is 0 Å². The van der Waals surface area contributed by atoms with Crippen LogP contribution < -0.4 is 5.73 Å². The molecule has 0 aromatic heterocycles. The van der Waals surface area contributed by atoms with Crippen LogP contribution in [0.3, 0.4) is 0 Å². The van der Waals surface area contributed by atoms with Crippen LogP contribution in [0.1, 0.15) is 12.8 Å². The van der Waals surface area contributed by atoms with Crippen molar-refractivity contribution >= 4 is 11.8 Å². The highest BCUT2D eigenvalue weighted by molar-refractivity contribution is 8.02. The molecule has 1 aliphatic heterocycles. The standard InChI is InChI=1S/C6H11NS/c7-3-1-6-2-4-8-5-6/h5H,1-4,7H2. The van der Waals surface area contributed by atoms with Gasteiger partial charge in [0.25, 0.3) is 0 Å². The molecule has 0 amide bonds. The summed E-state index contributed by atoms with van der Waals surface area (Å²) < 4.78 is 0. The van der Waals surface area contributed by atoms with Crippen LogP contribution in [0.15, 0.2) is 11.0 Å². The Morgan fingerprint density at radius 1 is 1.75 bits per heavy atom. The van der Waals surface area contributed by atoms with Crippen LogP contribution in [0, 0.1) is 0 Å². The summed E-state index contributed by atoms with van der Waals surface area (Å²) in [5, 5.41) is 2.24. The largest absolute Gasteiger partial charge is 0.330 e. The number of nitrogens with two attached hydrogens (primary N) is 1. The first-order valence-electron chi connectivity index (χ1n) is 2.93. The first kappa shape index (κ1) is 6.17. The molecule has 0 aromatic rings. The summed E-state index contributed by atoms with van der Waals surface area (Å²) in [6.07, 6.45) is 2.37. The van der Waals surface area contributed by atoms with Crippen molar-refractivity contribution in [3.8, 4) is 0 Å². The number of hydrogen-bond donors (Lipinski definition) is 1. The van der Waals surface area contributed by atoms with E-state index in [4.69, 9.17) is 5.73 Å². The van der Waals surface area contributed by atoms with Crippen molar-refractivity contribution in [3.05, 3.63) is 11.0 Å². The summed E-state index contributed by atoms with van der Waals surface area (Å²) in [4.78, 5) is 0. The normalized spacial score (nSPS) is 18.9. The smallest absolute Gasteiger partial charge is 0.00116 e.